The summed E-state index contributed by atoms with van der Waals surface area (Å²) in [6.07, 6.45) is 7.58. The Kier molecular flexibility index (Phi) is 5.18. The number of phenols is 1. The normalized spacial score (nSPS) is 21.5. The number of aromatic hydroxyl groups is 1. The molecule has 0 radical (unpaired) electrons. The Bertz CT molecular complexity index is 1040. The van der Waals surface area contributed by atoms with E-state index in [2.05, 4.69) is 59.9 Å². The number of para-hydroxylation sites is 2. The molecule has 0 aromatic heterocycles. The van der Waals surface area contributed by atoms with Gasteiger partial charge in [-0.25, -0.2) is 0 Å². The van der Waals surface area contributed by atoms with Gasteiger partial charge in [-0.15, -0.1) is 0 Å². The average molecular weight is 398 g/mol. The number of nitrogens with one attached hydrogen (secondary N) is 1. The highest BCUT2D eigenvalue weighted by atomic mass is 16.5. The SMILES string of the molecule is Oc1ccccc1C1Nc2c(OCCCc3ccccc3)cccc2C2C=CCC21. The summed E-state index contributed by atoms with van der Waals surface area (Å²) >= 11 is 0. The highest BCUT2D eigenvalue weighted by molar-refractivity contribution is 5.68. The third-order valence-electron chi connectivity index (χ3n) is 6.34. The summed E-state index contributed by atoms with van der Waals surface area (Å²) in [6, 6.07) is 24.6. The Morgan fingerprint density at radius 3 is 2.57 bits per heavy atom. The van der Waals surface area contributed by atoms with Gasteiger partial charge in [0.2, 0.25) is 0 Å². The molecule has 152 valence electrons. The second-order valence-corrected chi connectivity index (χ2v) is 8.19. The van der Waals surface area contributed by atoms with Crippen LogP contribution in [0.2, 0.25) is 0 Å². The van der Waals surface area contributed by atoms with Crippen LogP contribution in [0.25, 0.3) is 0 Å². The van der Waals surface area contributed by atoms with Crippen LogP contribution in [0, 0.1) is 5.92 Å². The molecule has 0 saturated carbocycles. The molecule has 0 amide bonds. The van der Waals surface area contributed by atoms with E-state index < -0.39 is 0 Å². The number of anilines is 1. The van der Waals surface area contributed by atoms with E-state index in [1.165, 1.54) is 11.1 Å². The third-order valence-corrected chi connectivity index (χ3v) is 6.34. The average Bonchev–Trinajstić information content (AvgIpc) is 3.28. The molecule has 30 heavy (non-hydrogen) atoms. The number of hydrogen-bond acceptors (Lipinski definition) is 3. The lowest BCUT2D eigenvalue weighted by Crippen LogP contribution is -2.29. The molecular formula is C27H27NO2. The van der Waals surface area contributed by atoms with Crippen molar-refractivity contribution in [3.63, 3.8) is 0 Å². The van der Waals surface area contributed by atoms with Gasteiger partial charge >= 0.3 is 0 Å². The molecule has 1 heterocycles. The van der Waals surface area contributed by atoms with Gasteiger partial charge in [-0.05, 0) is 48.4 Å². The summed E-state index contributed by atoms with van der Waals surface area (Å²) in [5, 5.41) is 14.2. The summed E-state index contributed by atoms with van der Waals surface area (Å²) in [6.45, 7) is 0.679. The van der Waals surface area contributed by atoms with Gasteiger partial charge in [0.25, 0.3) is 0 Å². The van der Waals surface area contributed by atoms with Gasteiger partial charge in [-0.3, -0.25) is 0 Å². The smallest absolute Gasteiger partial charge is 0.142 e. The van der Waals surface area contributed by atoms with E-state index in [4.69, 9.17) is 4.74 Å². The Morgan fingerprint density at radius 2 is 1.70 bits per heavy atom. The number of phenolic OH excluding ortho intramolecular Hbond substituents is 1. The maximum Gasteiger partial charge on any atom is 0.142 e. The van der Waals surface area contributed by atoms with Gasteiger partial charge in [-0.1, -0.05) is 72.8 Å². The molecular weight excluding hydrogens is 370 g/mol. The van der Waals surface area contributed by atoms with Crippen LogP contribution in [0.5, 0.6) is 11.5 Å². The van der Waals surface area contributed by atoms with Crippen LogP contribution < -0.4 is 10.1 Å². The molecule has 3 nitrogen and oxygen atoms in total. The van der Waals surface area contributed by atoms with Crippen molar-refractivity contribution in [1.29, 1.82) is 0 Å². The van der Waals surface area contributed by atoms with E-state index in [-0.39, 0.29) is 6.04 Å². The van der Waals surface area contributed by atoms with Crippen molar-refractivity contribution in [3.8, 4) is 11.5 Å². The number of hydrogen-bond donors (Lipinski definition) is 2. The highest BCUT2D eigenvalue weighted by Crippen LogP contribution is 2.53. The summed E-state index contributed by atoms with van der Waals surface area (Å²) in [5.41, 5.74) is 4.66. The van der Waals surface area contributed by atoms with Crippen molar-refractivity contribution in [2.75, 3.05) is 11.9 Å². The molecule has 2 N–H and O–H groups in total. The van der Waals surface area contributed by atoms with Crippen molar-refractivity contribution in [1.82, 2.24) is 0 Å². The minimum atomic E-state index is 0.0627. The number of allylic oxidation sites excluding steroid dienone is 2. The zero-order valence-electron chi connectivity index (χ0n) is 17.0. The fourth-order valence-corrected chi connectivity index (χ4v) is 4.87. The molecule has 0 bridgehead atoms. The van der Waals surface area contributed by atoms with Crippen molar-refractivity contribution in [2.45, 2.75) is 31.2 Å². The molecule has 0 spiro atoms. The minimum Gasteiger partial charge on any atom is -0.508 e. The topological polar surface area (TPSA) is 41.5 Å². The molecule has 5 rings (SSSR count). The Labute approximate surface area is 178 Å². The zero-order chi connectivity index (χ0) is 20.3. The first-order valence-electron chi connectivity index (χ1n) is 10.8. The standard InChI is InChI=1S/C27H27NO2/c29-24-16-5-4-12-23(24)26-21-14-6-13-20(21)22-15-7-17-25(27(22)28-26)30-18-8-11-19-9-2-1-3-10-19/h1-7,9-10,12-13,15-17,20-21,26,28-29H,8,11,14,18H2. The van der Waals surface area contributed by atoms with Crippen molar-refractivity contribution in [3.05, 3.63) is 102 Å². The van der Waals surface area contributed by atoms with Crippen LogP contribution in [0.4, 0.5) is 5.69 Å². The Balaban J connectivity index is 1.37. The number of rotatable bonds is 6. The van der Waals surface area contributed by atoms with Crippen molar-refractivity contribution >= 4 is 5.69 Å². The van der Waals surface area contributed by atoms with Crippen LogP contribution in [0.3, 0.4) is 0 Å². The van der Waals surface area contributed by atoms with Gasteiger partial charge < -0.3 is 15.2 Å². The maximum absolute atomic E-state index is 10.5. The van der Waals surface area contributed by atoms with Gasteiger partial charge in [0.1, 0.15) is 11.5 Å². The van der Waals surface area contributed by atoms with Gasteiger partial charge in [0, 0.05) is 11.5 Å². The lowest BCUT2D eigenvalue weighted by Gasteiger charge is -2.38. The molecule has 0 fully saturated rings. The Hall–Kier alpha value is -3.20. The number of benzene rings is 3. The molecule has 1 aliphatic carbocycles. The zero-order valence-corrected chi connectivity index (χ0v) is 17.0. The molecule has 0 saturated heterocycles. The van der Waals surface area contributed by atoms with Gasteiger partial charge in [0.05, 0.1) is 18.3 Å². The van der Waals surface area contributed by atoms with Crippen molar-refractivity contribution in [2.24, 2.45) is 5.92 Å². The minimum absolute atomic E-state index is 0.0627. The lowest BCUT2D eigenvalue weighted by molar-refractivity contribution is 0.309. The second-order valence-electron chi connectivity index (χ2n) is 8.19. The van der Waals surface area contributed by atoms with E-state index in [1.54, 1.807) is 6.07 Å². The molecule has 1 aliphatic heterocycles. The summed E-state index contributed by atoms with van der Waals surface area (Å²) < 4.78 is 6.24. The van der Waals surface area contributed by atoms with E-state index >= 15 is 0 Å². The predicted octanol–water partition coefficient (Wildman–Crippen LogP) is 6.23. The first-order chi connectivity index (χ1) is 14.8. The fourth-order valence-electron chi connectivity index (χ4n) is 4.87. The van der Waals surface area contributed by atoms with Gasteiger partial charge in [-0.2, -0.15) is 0 Å². The first kappa shape index (κ1) is 18.8. The maximum atomic E-state index is 10.5. The highest BCUT2D eigenvalue weighted by Gasteiger charge is 2.39. The van der Waals surface area contributed by atoms with Crippen molar-refractivity contribution < 1.29 is 9.84 Å². The molecule has 3 aromatic rings. The molecule has 2 aliphatic rings. The largest absolute Gasteiger partial charge is 0.508 e. The summed E-state index contributed by atoms with van der Waals surface area (Å²) in [7, 11) is 0. The van der Waals surface area contributed by atoms with E-state index in [9.17, 15) is 5.11 Å². The van der Waals surface area contributed by atoms with Crippen LogP contribution in [0.15, 0.2) is 84.9 Å². The number of ether oxygens (including phenoxy) is 1. The monoisotopic (exact) mass is 397 g/mol. The predicted molar refractivity (Wildman–Crippen MR) is 121 cm³/mol. The second kappa shape index (κ2) is 8.27. The van der Waals surface area contributed by atoms with Crippen LogP contribution >= 0.6 is 0 Å². The third kappa shape index (κ3) is 3.56. The summed E-state index contributed by atoms with van der Waals surface area (Å²) in [4.78, 5) is 0. The number of fused-ring (bicyclic) bond motifs is 3. The van der Waals surface area contributed by atoms with Crippen LogP contribution in [-0.2, 0) is 6.42 Å². The quantitative estimate of drug-likeness (QED) is 0.383. The van der Waals surface area contributed by atoms with E-state index in [0.29, 0.717) is 24.2 Å². The fraction of sp³-hybridized carbons (Fsp3) is 0.259. The molecule has 3 unspecified atom stereocenters. The van der Waals surface area contributed by atoms with Crippen LogP contribution in [-0.4, -0.2) is 11.7 Å². The first-order valence-corrected chi connectivity index (χ1v) is 10.8. The summed E-state index contributed by atoms with van der Waals surface area (Å²) in [5.74, 6) is 2.00. The van der Waals surface area contributed by atoms with Crippen LogP contribution in [0.1, 0.15) is 41.5 Å². The molecule has 3 aromatic carbocycles. The molecule has 3 heteroatoms. The lowest BCUT2D eigenvalue weighted by atomic mass is 9.76. The Morgan fingerprint density at radius 1 is 0.900 bits per heavy atom. The van der Waals surface area contributed by atoms with E-state index in [1.807, 2.05) is 24.3 Å². The number of aryl methyl sites for hydroxylation is 1. The van der Waals surface area contributed by atoms with E-state index in [0.717, 1.165) is 36.3 Å². The van der Waals surface area contributed by atoms with Gasteiger partial charge in [0.15, 0.2) is 0 Å². The molecule has 3 atom stereocenters.